The number of alkyl halides is 2. The van der Waals surface area contributed by atoms with E-state index in [-0.39, 0.29) is 18.1 Å². The van der Waals surface area contributed by atoms with Crippen LogP contribution in [0.2, 0.25) is 0 Å². The monoisotopic (exact) mass is 365 g/mol. The fraction of sp³-hybridized carbons (Fsp3) is 0.176. The first-order chi connectivity index (χ1) is 12.5. The molecule has 26 heavy (non-hydrogen) atoms. The molecule has 0 spiro atoms. The number of benzene rings is 2. The first-order valence-corrected chi connectivity index (χ1v) is 7.43. The number of amides is 1. The number of carbonyl (C=O) groups excluding carboxylic acids is 2. The average Bonchev–Trinajstić information content (AvgIpc) is 3.07. The summed E-state index contributed by atoms with van der Waals surface area (Å²) in [6, 6.07) is 9.92. The van der Waals surface area contributed by atoms with Gasteiger partial charge >= 0.3 is 12.6 Å². The Balaban J connectivity index is 1.53. The van der Waals surface area contributed by atoms with Crippen LogP contribution in [-0.4, -0.2) is 31.9 Å². The molecule has 2 aromatic carbocycles. The van der Waals surface area contributed by atoms with Crippen molar-refractivity contribution >= 4 is 17.6 Å². The van der Waals surface area contributed by atoms with Crippen molar-refractivity contribution in [2.75, 3.05) is 18.7 Å². The quantitative estimate of drug-likeness (QED) is 0.793. The summed E-state index contributed by atoms with van der Waals surface area (Å²) in [5.41, 5.74) is 0.432. The van der Waals surface area contributed by atoms with Crippen LogP contribution in [-0.2, 0) is 9.53 Å². The molecule has 0 aliphatic carbocycles. The largest absolute Gasteiger partial charge is 0.454 e. The zero-order valence-corrected chi connectivity index (χ0v) is 13.2. The van der Waals surface area contributed by atoms with E-state index in [1.807, 2.05) is 0 Å². The van der Waals surface area contributed by atoms with Gasteiger partial charge in [-0.05, 0) is 30.3 Å². The summed E-state index contributed by atoms with van der Waals surface area (Å²) < 4.78 is 43.8. The van der Waals surface area contributed by atoms with Crippen LogP contribution in [0.3, 0.4) is 0 Å². The van der Waals surface area contributed by atoms with Crippen molar-refractivity contribution in [2.24, 2.45) is 0 Å². The minimum atomic E-state index is -3.01. The van der Waals surface area contributed by atoms with Gasteiger partial charge in [0.1, 0.15) is 5.75 Å². The molecule has 0 bridgehead atoms. The lowest BCUT2D eigenvalue weighted by Gasteiger charge is -2.08. The molecule has 1 amide bonds. The van der Waals surface area contributed by atoms with Crippen molar-refractivity contribution < 1.29 is 37.3 Å². The third kappa shape index (κ3) is 4.38. The Morgan fingerprint density at radius 3 is 2.73 bits per heavy atom. The second kappa shape index (κ2) is 7.68. The van der Waals surface area contributed by atoms with Gasteiger partial charge in [-0.15, -0.1) is 0 Å². The fourth-order valence-corrected chi connectivity index (χ4v) is 2.19. The molecule has 3 rings (SSSR count). The van der Waals surface area contributed by atoms with Crippen molar-refractivity contribution in [3.05, 3.63) is 48.0 Å². The minimum absolute atomic E-state index is 0.0148. The number of ether oxygens (including phenoxy) is 4. The van der Waals surface area contributed by atoms with Crippen LogP contribution in [0.25, 0.3) is 0 Å². The number of nitrogens with one attached hydrogen (secondary N) is 1. The number of rotatable bonds is 6. The standard InChI is InChI=1S/C17H13F2NO6/c18-17(19)26-12-3-1-2-10(6-12)16(22)23-8-15(21)20-11-4-5-13-14(7-11)25-9-24-13/h1-7,17H,8-9H2,(H,20,21). The molecule has 7 nitrogen and oxygen atoms in total. The highest BCUT2D eigenvalue weighted by Gasteiger charge is 2.16. The van der Waals surface area contributed by atoms with Gasteiger partial charge in [0.15, 0.2) is 18.1 Å². The van der Waals surface area contributed by atoms with E-state index in [1.54, 1.807) is 18.2 Å². The van der Waals surface area contributed by atoms with Gasteiger partial charge in [-0.1, -0.05) is 6.07 Å². The second-order valence-electron chi connectivity index (χ2n) is 5.10. The Labute approximate surface area is 146 Å². The molecule has 1 aliphatic rings. The zero-order chi connectivity index (χ0) is 18.5. The molecule has 0 unspecified atom stereocenters. The van der Waals surface area contributed by atoms with Gasteiger partial charge in [-0.2, -0.15) is 8.78 Å². The van der Waals surface area contributed by atoms with Crippen molar-refractivity contribution in [3.63, 3.8) is 0 Å². The van der Waals surface area contributed by atoms with Gasteiger partial charge in [-0.3, -0.25) is 4.79 Å². The van der Waals surface area contributed by atoms with E-state index >= 15 is 0 Å². The van der Waals surface area contributed by atoms with E-state index < -0.39 is 25.1 Å². The van der Waals surface area contributed by atoms with Crippen LogP contribution in [0.1, 0.15) is 10.4 Å². The predicted molar refractivity (Wildman–Crippen MR) is 84.6 cm³/mol. The maximum absolute atomic E-state index is 12.2. The molecule has 0 saturated heterocycles. The van der Waals surface area contributed by atoms with Crippen molar-refractivity contribution in [3.8, 4) is 17.2 Å². The van der Waals surface area contributed by atoms with E-state index in [4.69, 9.17) is 14.2 Å². The summed E-state index contributed by atoms with van der Waals surface area (Å²) in [6.07, 6.45) is 0. The Kier molecular flexibility index (Phi) is 5.16. The molecule has 0 aromatic heterocycles. The van der Waals surface area contributed by atoms with E-state index in [9.17, 15) is 18.4 Å². The van der Waals surface area contributed by atoms with Crippen LogP contribution in [0, 0.1) is 0 Å². The third-order valence-corrected chi connectivity index (χ3v) is 3.29. The highest BCUT2D eigenvalue weighted by atomic mass is 19.3. The molecule has 9 heteroatoms. The smallest absolute Gasteiger partial charge is 0.387 e. The molecular weight excluding hydrogens is 352 g/mol. The molecule has 136 valence electrons. The van der Waals surface area contributed by atoms with E-state index in [2.05, 4.69) is 10.1 Å². The SMILES string of the molecule is O=C(COC(=O)c1cccc(OC(F)F)c1)Nc1ccc2c(c1)OCO2. The topological polar surface area (TPSA) is 83.1 Å². The van der Waals surface area contributed by atoms with Gasteiger partial charge in [0, 0.05) is 11.8 Å². The van der Waals surface area contributed by atoms with E-state index in [1.165, 1.54) is 18.2 Å². The lowest BCUT2D eigenvalue weighted by Crippen LogP contribution is -2.21. The average molecular weight is 365 g/mol. The van der Waals surface area contributed by atoms with Gasteiger partial charge in [0.25, 0.3) is 5.91 Å². The fourth-order valence-electron chi connectivity index (χ4n) is 2.19. The highest BCUT2D eigenvalue weighted by Crippen LogP contribution is 2.34. The Hall–Kier alpha value is -3.36. The van der Waals surface area contributed by atoms with E-state index in [0.29, 0.717) is 17.2 Å². The van der Waals surface area contributed by atoms with Crippen LogP contribution >= 0.6 is 0 Å². The molecular formula is C17H13F2NO6. The van der Waals surface area contributed by atoms with Gasteiger partial charge < -0.3 is 24.3 Å². The summed E-state index contributed by atoms with van der Waals surface area (Å²) in [5.74, 6) is -0.530. The first-order valence-electron chi connectivity index (χ1n) is 7.43. The normalized spacial score (nSPS) is 12.0. The number of carbonyl (C=O) groups is 2. The molecule has 0 atom stereocenters. The lowest BCUT2D eigenvalue weighted by atomic mass is 10.2. The maximum Gasteiger partial charge on any atom is 0.387 e. The molecule has 0 fully saturated rings. The van der Waals surface area contributed by atoms with Gasteiger partial charge in [0.05, 0.1) is 5.56 Å². The number of hydrogen-bond acceptors (Lipinski definition) is 6. The lowest BCUT2D eigenvalue weighted by molar-refractivity contribution is -0.119. The van der Waals surface area contributed by atoms with Crippen molar-refractivity contribution in [2.45, 2.75) is 6.61 Å². The molecule has 1 heterocycles. The van der Waals surface area contributed by atoms with Crippen LogP contribution in [0.5, 0.6) is 17.2 Å². The first kappa shape index (κ1) is 17.5. The highest BCUT2D eigenvalue weighted by molar-refractivity contribution is 5.95. The Bertz CT molecular complexity index is 827. The molecule has 1 aliphatic heterocycles. The van der Waals surface area contributed by atoms with Crippen molar-refractivity contribution in [1.29, 1.82) is 0 Å². The van der Waals surface area contributed by atoms with E-state index in [0.717, 1.165) is 6.07 Å². The number of fused-ring (bicyclic) bond motifs is 1. The summed E-state index contributed by atoms with van der Waals surface area (Å²) in [6.45, 7) is -3.44. The number of hydrogen-bond donors (Lipinski definition) is 1. The molecule has 1 N–H and O–H groups in total. The van der Waals surface area contributed by atoms with Crippen LogP contribution in [0.4, 0.5) is 14.5 Å². The van der Waals surface area contributed by atoms with Crippen LogP contribution < -0.4 is 19.5 Å². The summed E-state index contributed by atoms with van der Waals surface area (Å²) >= 11 is 0. The van der Waals surface area contributed by atoms with Crippen LogP contribution in [0.15, 0.2) is 42.5 Å². The second-order valence-corrected chi connectivity index (χ2v) is 5.10. The molecule has 0 radical (unpaired) electrons. The molecule has 2 aromatic rings. The minimum Gasteiger partial charge on any atom is -0.454 e. The predicted octanol–water partition coefficient (Wildman–Crippen LogP) is 2.81. The number of esters is 1. The molecule has 0 saturated carbocycles. The Morgan fingerprint density at radius 1 is 1.12 bits per heavy atom. The van der Waals surface area contributed by atoms with Crippen molar-refractivity contribution in [1.82, 2.24) is 0 Å². The summed E-state index contributed by atoms with van der Waals surface area (Å²) in [4.78, 5) is 23.8. The summed E-state index contributed by atoms with van der Waals surface area (Å²) in [5, 5.41) is 2.54. The van der Waals surface area contributed by atoms with Gasteiger partial charge in [-0.25, -0.2) is 4.79 Å². The van der Waals surface area contributed by atoms with Gasteiger partial charge in [0.2, 0.25) is 6.79 Å². The maximum atomic E-state index is 12.2. The summed E-state index contributed by atoms with van der Waals surface area (Å²) in [7, 11) is 0. The third-order valence-electron chi connectivity index (χ3n) is 3.29. The Morgan fingerprint density at radius 2 is 1.92 bits per heavy atom. The number of anilines is 1. The number of halogens is 2. The zero-order valence-electron chi connectivity index (χ0n) is 13.2.